The number of nitrogens with one attached hydrogen (secondary N) is 2. The molecule has 2 N–H and O–H groups in total. The molecule has 32 heavy (non-hydrogen) atoms. The molecule has 1 aliphatic carbocycles. The minimum atomic E-state index is -0.608. The van der Waals surface area contributed by atoms with E-state index in [1.54, 1.807) is 24.3 Å². The van der Waals surface area contributed by atoms with Gasteiger partial charge >= 0.3 is 0 Å². The molecular formula is C25H27N3O4. The maximum atomic E-state index is 12.9. The topological polar surface area (TPSA) is 95.6 Å². The number of hydrogen-bond donors (Lipinski definition) is 2. The highest BCUT2D eigenvalue weighted by Crippen LogP contribution is 2.46. The Hall–Kier alpha value is -3.48. The van der Waals surface area contributed by atoms with Crippen molar-refractivity contribution in [3.8, 4) is 0 Å². The smallest absolute Gasteiger partial charge is 0.253 e. The Bertz CT molecular complexity index is 1040. The van der Waals surface area contributed by atoms with Crippen LogP contribution in [0.5, 0.6) is 0 Å². The first-order chi connectivity index (χ1) is 15.4. The second-order valence-electron chi connectivity index (χ2n) is 8.65. The second kappa shape index (κ2) is 8.94. The van der Waals surface area contributed by atoms with Gasteiger partial charge in [0.25, 0.3) is 5.91 Å². The molecule has 2 aromatic carbocycles. The summed E-state index contributed by atoms with van der Waals surface area (Å²) in [4.78, 5) is 51.9. The van der Waals surface area contributed by atoms with Crippen molar-refractivity contribution in [1.29, 1.82) is 0 Å². The molecule has 4 rings (SSSR count). The fourth-order valence-electron chi connectivity index (χ4n) is 4.69. The van der Waals surface area contributed by atoms with Crippen molar-refractivity contribution in [3.63, 3.8) is 0 Å². The molecule has 1 heterocycles. The number of amides is 4. The van der Waals surface area contributed by atoms with Crippen LogP contribution < -0.4 is 10.6 Å². The summed E-state index contributed by atoms with van der Waals surface area (Å²) in [5, 5.41) is 5.64. The van der Waals surface area contributed by atoms with Crippen LogP contribution >= 0.6 is 0 Å². The molecule has 7 nitrogen and oxygen atoms in total. The number of nitrogens with zero attached hydrogens (tertiary/aromatic N) is 1. The highest BCUT2D eigenvalue weighted by atomic mass is 16.2. The van der Waals surface area contributed by atoms with E-state index in [-0.39, 0.29) is 36.7 Å². The van der Waals surface area contributed by atoms with E-state index in [4.69, 9.17) is 0 Å². The molecule has 2 fully saturated rings. The van der Waals surface area contributed by atoms with Crippen LogP contribution in [-0.2, 0) is 14.4 Å². The number of imide groups is 1. The van der Waals surface area contributed by atoms with Gasteiger partial charge in [0.2, 0.25) is 17.7 Å². The average Bonchev–Trinajstić information content (AvgIpc) is 3.35. The van der Waals surface area contributed by atoms with E-state index >= 15 is 0 Å². The second-order valence-corrected chi connectivity index (χ2v) is 8.65. The first kappa shape index (κ1) is 21.7. The van der Waals surface area contributed by atoms with E-state index in [1.165, 1.54) is 0 Å². The monoisotopic (exact) mass is 433 g/mol. The van der Waals surface area contributed by atoms with Crippen LogP contribution in [0, 0.1) is 5.41 Å². The predicted octanol–water partition coefficient (Wildman–Crippen LogP) is 3.44. The number of carbonyl (C=O) groups excluding carboxylic acids is 4. The number of anilines is 1. The fourth-order valence-corrected chi connectivity index (χ4v) is 4.69. The van der Waals surface area contributed by atoms with Gasteiger partial charge in [0, 0.05) is 6.42 Å². The van der Waals surface area contributed by atoms with Crippen molar-refractivity contribution >= 4 is 29.3 Å². The van der Waals surface area contributed by atoms with Crippen LogP contribution in [0.25, 0.3) is 0 Å². The van der Waals surface area contributed by atoms with E-state index in [2.05, 4.69) is 10.6 Å². The minimum absolute atomic E-state index is 0.190. The third-order valence-corrected chi connectivity index (χ3v) is 6.44. The summed E-state index contributed by atoms with van der Waals surface area (Å²) in [5.74, 6) is -1.36. The van der Waals surface area contributed by atoms with Gasteiger partial charge in [-0.05, 0) is 37.5 Å². The van der Waals surface area contributed by atoms with Gasteiger partial charge < -0.3 is 10.6 Å². The summed E-state index contributed by atoms with van der Waals surface area (Å²) in [7, 11) is 0. The molecule has 1 spiro atoms. The van der Waals surface area contributed by atoms with E-state index < -0.39 is 11.3 Å². The standard InChI is InChI=1S/C25H27N3O4/c1-17(18-9-3-2-4-10-18)26-23(31)19-11-5-6-12-20(19)27-21(29)16-28-22(30)15-25(24(28)32)13-7-8-14-25/h2-6,9-12,17H,7-8,13-16H2,1H3,(H,26,31)(H,27,29)/t17-/m1/s1. The van der Waals surface area contributed by atoms with Gasteiger partial charge in [0.1, 0.15) is 6.54 Å². The van der Waals surface area contributed by atoms with Crippen LogP contribution in [0.4, 0.5) is 5.69 Å². The quantitative estimate of drug-likeness (QED) is 0.682. The largest absolute Gasteiger partial charge is 0.345 e. The SMILES string of the molecule is C[C@@H](NC(=O)c1ccccc1NC(=O)CN1C(=O)CC2(CCCC2)C1=O)c1ccccc1. The van der Waals surface area contributed by atoms with Crippen molar-refractivity contribution in [2.24, 2.45) is 5.41 Å². The summed E-state index contributed by atoms with van der Waals surface area (Å²) in [6.07, 6.45) is 3.47. The Balaban J connectivity index is 1.43. The molecule has 0 radical (unpaired) electrons. The van der Waals surface area contributed by atoms with Crippen molar-refractivity contribution in [2.45, 2.75) is 45.1 Å². The van der Waals surface area contributed by atoms with Crippen LogP contribution in [-0.4, -0.2) is 35.1 Å². The number of likely N-dealkylation sites (tertiary alicyclic amines) is 1. The van der Waals surface area contributed by atoms with Gasteiger partial charge in [-0.15, -0.1) is 0 Å². The van der Waals surface area contributed by atoms with E-state index in [1.807, 2.05) is 37.3 Å². The van der Waals surface area contributed by atoms with Crippen molar-refractivity contribution in [1.82, 2.24) is 10.2 Å². The Morgan fingerprint density at radius 1 is 1.00 bits per heavy atom. The molecule has 4 amide bonds. The van der Waals surface area contributed by atoms with Crippen LogP contribution in [0.15, 0.2) is 54.6 Å². The molecule has 0 bridgehead atoms. The molecule has 1 aliphatic heterocycles. The first-order valence-corrected chi connectivity index (χ1v) is 11.0. The summed E-state index contributed by atoms with van der Waals surface area (Å²) in [6.45, 7) is 1.55. The summed E-state index contributed by atoms with van der Waals surface area (Å²) >= 11 is 0. The lowest BCUT2D eigenvalue weighted by atomic mass is 9.84. The van der Waals surface area contributed by atoms with Crippen LogP contribution in [0.1, 0.15) is 61.0 Å². The number of benzene rings is 2. The lowest BCUT2D eigenvalue weighted by molar-refractivity contribution is -0.143. The van der Waals surface area contributed by atoms with Gasteiger partial charge in [-0.1, -0.05) is 55.3 Å². The summed E-state index contributed by atoms with van der Waals surface area (Å²) in [5.41, 5.74) is 1.01. The van der Waals surface area contributed by atoms with Gasteiger partial charge in [-0.3, -0.25) is 24.1 Å². The highest BCUT2D eigenvalue weighted by Gasteiger charge is 2.52. The molecule has 7 heteroatoms. The van der Waals surface area contributed by atoms with Gasteiger partial charge in [0.15, 0.2) is 0 Å². The molecule has 0 aromatic heterocycles. The summed E-state index contributed by atoms with van der Waals surface area (Å²) in [6, 6.07) is 16.1. The maximum Gasteiger partial charge on any atom is 0.253 e. The Labute approximate surface area is 187 Å². The van der Waals surface area contributed by atoms with Crippen molar-refractivity contribution in [2.75, 3.05) is 11.9 Å². The normalized spacial score (nSPS) is 18.1. The Morgan fingerprint density at radius 2 is 1.66 bits per heavy atom. The Morgan fingerprint density at radius 3 is 2.38 bits per heavy atom. The predicted molar refractivity (Wildman–Crippen MR) is 120 cm³/mol. The van der Waals surface area contributed by atoms with Crippen LogP contribution in [0.2, 0.25) is 0 Å². The molecule has 166 valence electrons. The average molecular weight is 434 g/mol. The molecule has 1 atom stereocenters. The zero-order valence-electron chi connectivity index (χ0n) is 18.1. The van der Waals surface area contributed by atoms with Crippen LogP contribution in [0.3, 0.4) is 0 Å². The summed E-state index contributed by atoms with van der Waals surface area (Å²) < 4.78 is 0. The van der Waals surface area contributed by atoms with Crippen molar-refractivity contribution < 1.29 is 19.2 Å². The molecule has 2 aliphatic rings. The van der Waals surface area contributed by atoms with E-state index in [9.17, 15) is 19.2 Å². The van der Waals surface area contributed by atoms with E-state index in [0.717, 1.165) is 23.3 Å². The third kappa shape index (κ3) is 4.28. The molecular weight excluding hydrogens is 406 g/mol. The molecule has 1 saturated carbocycles. The number of carbonyl (C=O) groups is 4. The lowest BCUT2D eigenvalue weighted by Crippen LogP contribution is -2.40. The van der Waals surface area contributed by atoms with E-state index in [0.29, 0.717) is 24.1 Å². The molecule has 0 unspecified atom stereocenters. The van der Waals surface area contributed by atoms with Gasteiger partial charge in [-0.25, -0.2) is 0 Å². The maximum absolute atomic E-state index is 12.9. The molecule has 1 saturated heterocycles. The number of hydrogen-bond acceptors (Lipinski definition) is 4. The number of para-hydroxylation sites is 1. The zero-order valence-corrected chi connectivity index (χ0v) is 18.1. The van der Waals surface area contributed by atoms with Crippen molar-refractivity contribution in [3.05, 3.63) is 65.7 Å². The lowest BCUT2D eigenvalue weighted by Gasteiger charge is -2.21. The third-order valence-electron chi connectivity index (χ3n) is 6.44. The fraction of sp³-hybridized carbons (Fsp3) is 0.360. The Kier molecular flexibility index (Phi) is 6.08. The van der Waals surface area contributed by atoms with Gasteiger partial charge in [0.05, 0.1) is 22.7 Å². The molecule has 2 aromatic rings. The first-order valence-electron chi connectivity index (χ1n) is 11.0. The minimum Gasteiger partial charge on any atom is -0.345 e. The van der Waals surface area contributed by atoms with Gasteiger partial charge in [-0.2, -0.15) is 0 Å². The highest BCUT2D eigenvalue weighted by molar-refractivity contribution is 6.10. The number of rotatable bonds is 6. The zero-order chi connectivity index (χ0) is 22.7.